The van der Waals surface area contributed by atoms with Crippen LogP contribution in [0.1, 0.15) is 34.0 Å². The van der Waals surface area contributed by atoms with Gasteiger partial charge >= 0.3 is 5.97 Å². The Morgan fingerprint density at radius 1 is 1.03 bits per heavy atom. The number of rotatable bonds is 6. The molecule has 0 atom stereocenters. The van der Waals surface area contributed by atoms with Crippen molar-refractivity contribution in [3.63, 3.8) is 0 Å². The van der Waals surface area contributed by atoms with Crippen molar-refractivity contribution in [1.82, 2.24) is 0 Å². The van der Waals surface area contributed by atoms with Gasteiger partial charge in [0, 0.05) is 5.57 Å². The van der Waals surface area contributed by atoms with E-state index in [-0.39, 0.29) is 11.5 Å². The van der Waals surface area contributed by atoms with Gasteiger partial charge in [0.05, 0.1) is 23.6 Å². The maximum absolute atomic E-state index is 13.5. The van der Waals surface area contributed by atoms with E-state index in [1.54, 1.807) is 17.0 Å². The number of carboxylic acids is 1. The van der Waals surface area contributed by atoms with Crippen LogP contribution in [0.2, 0.25) is 0 Å². The van der Waals surface area contributed by atoms with E-state index >= 15 is 0 Å². The first-order valence-corrected chi connectivity index (χ1v) is 10.4. The molecule has 1 aliphatic rings. The fraction of sp³-hybridized carbons (Fsp3) is 0.111. The third kappa shape index (κ3) is 4.18. The third-order valence-electron chi connectivity index (χ3n) is 5.25. The van der Waals surface area contributed by atoms with E-state index in [9.17, 15) is 14.7 Å². The molecule has 0 spiro atoms. The SMILES string of the molecule is CCOc1ccc(/C=C2\C=C(c3ccccc3)N(c3ccc(C(=O)O)cc3C)C2=O)cc1. The molecule has 160 valence electrons. The highest BCUT2D eigenvalue weighted by molar-refractivity contribution is 6.23. The molecule has 0 bridgehead atoms. The molecule has 1 N–H and O–H groups in total. The van der Waals surface area contributed by atoms with Gasteiger partial charge in [-0.25, -0.2) is 4.79 Å². The number of nitrogens with zero attached hydrogens (tertiary/aromatic N) is 1. The third-order valence-corrected chi connectivity index (χ3v) is 5.25. The van der Waals surface area contributed by atoms with Gasteiger partial charge in [0.15, 0.2) is 0 Å². The lowest BCUT2D eigenvalue weighted by Gasteiger charge is -2.23. The van der Waals surface area contributed by atoms with Gasteiger partial charge in [0.2, 0.25) is 0 Å². The van der Waals surface area contributed by atoms with E-state index in [2.05, 4.69) is 0 Å². The molecule has 1 heterocycles. The number of aryl methyl sites for hydroxylation is 1. The summed E-state index contributed by atoms with van der Waals surface area (Å²) in [6.45, 7) is 4.34. The van der Waals surface area contributed by atoms with Crippen molar-refractivity contribution in [2.75, 3.05) is 11.5 Å². The molecular weight excluding hydrogens is 402 g/mol. The molecular formula is C27H23NO4. The minimum absolute atomic E-state index is 0.163. The van der Waals surface area contributed by atoms with E-state index in [1.165, 1.54) is 6.07 Å². The lowest BCUT2D eigenvalue weighted by atomic mass is 10.1. The number of amides is 1. The Bertz CT molecular complexity index is 1220. The molecule has 3 aromatic rings. The summed E-state index contributed by atoms with van der Waals surface area (Å²) in [5.41, 5.74) is 4.65. The average molecular weight is 425 g/mol. The van der Waals surface area contributed by atoms with Crippen LogP contribution < -0.4 is 9.64 Å². The Morgan fingerprint density at radius 3 is 2.38 bits per heavy atom. The normalized spacial score (nSPS) is 14.6. The Labute approximate surface area is 186 Å². The quantitative estimate of drug-likeness (QED) is 0.525. The zero-order chi connectivity index (χ0) is 22.7. The van der Waals surface area contributed by atoms with Crippen molar-refractivity contribution in [2.24, 2.45) is 0 Å². The number of benzene rings is 3. The molecule has 0 saturated heterocycles. The Balaban J connectivity index is 1.77. The second-order valence-corrected chi connectivity index (χ2v) is 7.44. The van der Waals surface area contributed by atoms with E-state index in [4.69, 9.17) is 4.74 Å². The van der Waals surface area contributed by atoms with E-state index < -0.39 is 5.97 Å². The highest BCUT2D eigenvalue weighted by atomic mass is 16.5. The van der Waals surface area contributed by atoms with Gasteiger partial charge < -0.3 is 9.84 Å². The van der Waals surface area contributed by atoms with E-state index in [0.29, 0.717) is 23.4 Å². The molecule has 0 unspecified atom stereocenters. The fourth-order valence-corrected chi connectivity index (χ4v) is 3.72. The minimum Gasteiger partial charge on any atom is -0.494 e. The predicted molar refractivity (Wildman–Crippen MR) is 126 cm³/mol. The van der Waals surface area contributed by atoms with Gasteiger partial charge in [-0.05, 0) is 73.0 Å². The summed E-state index contributed by atoms with van der Waals surface area (Å²) in [6.07, 6.45) is 3.72. The summed E-state index contributed by atoms with van der Waals surface area (Å²) in [6, 6.07) is 22.1. The molecule has 0 radical (unpaired) electrons. The smallest absolute Gasteiger partial charge is 0.335 e. The van der Waals surface area contributed by atoms with Gasteiger partial charge in [-0.2, -0.15) is 0 Å². The first-order chi connectivity index (χ1) is 15.5. The summed E-state index contributed by atoms with van der Waals surface area (Å²) >= 11 is 0. The van der Waals surface area contributed by atoms with Crippen LogP contribution in [-0.2, 0) is 4.79 Å². The summed E-state index contributed by atoms with van der Waals surface area (Å²) in [5.74, 6) is -0.380. The van der Waals surface area contributed by atoms with Gasteiger partial charge in [0.1, 0.15) is 5.75 Å². The zero-order valence-corrected chi connectivity index (χ0v) is 17.9. The molecule has 1 amide bonds. The lowest BCUT2D eigenvalue weighted by molar-refractivity contribution is -0.113. The van der Waals surface area contributed by atoms with Gasteiger partial charge in [-0.15, -0.1) is 0 Å². The molecule has 3 aromatic carbocycles. The van der Waals surface area contributed by atoms with Gasteiger partial charge in [-0.3, -0.25) is 9.69 Å². The highest BCUT2D eigenvalue weighted by Crippen LogP contribution is 2.37. The Kier molecular flexibility index (Phi) is 5.90. The maximum Gasteiger partial charge on any atom is 0.335 e. The fourth-order valence-electron chi connectivity index (χ4n) is 3.72. The molecule has 4 rings (SSSR count). The predicted octanol–water partition coefficient (Wildman–Crippen LogP) is 5.56. The monoisotopic (exact) mass is 425 g/mol. The van der Waals surface area contributed by atoms with Crippen LogP contribution in [0.25, 0.3) is 11.8 Å². The first-order valence-electron chi connectivity index (χ1n) is 10.4. The minimum atomic E-state index is -0.998. The summed E-state index contributed by atoms with van der Waals surface area (Å²) in [5, 5.41) is 9.30. The number of hydrogen-bond donors (Lipinski definition) is 1. The Hall–Kier alpha value is -4.12. The number of hydrogen-bond acceptors (Lipinski definition) is 3. The van der Waals surface area contributed by atoms with Crippen LogP contribution in [0.15, 0.2) is 84.4 Å². The van der Waals surface area contributed by atoms with Crippen LogP contribution in [0.4, 0.5) is 5.69 Å². The van der Waals surface area contributed by atoms with Crippen LogP contribution in [0.5, 0.6) is 5.75 Å². The molecule has 0 saturated carbocycles. The highest BCUT2D eigenvalue weighted by Gasteiger charge is 2.31. The maximum atomic E-state index is 13.5. The Morgan fingerprint density at radius 2 is 1.75 bits per heavy atom. The van der Waals surface area contributed by atoms with Crippen molar-refractivity contribution in [3.8, 4) is 5.75 Å². The molecule has 5 heteroatoms. The molecule has 5 nitrogen and oxygen atoms in total. The molecule has 0 fully saturated rings. The van der Waals surface area contributed by atoms with Crippen LogP contribution in [0.3, 0.4) is 0 Å². The number of ether oxygens (including phenoxy) is 1. The number of aromatic carboxylic acids is 1. The molecule has 32 heavy (non-hydrogen) atoms. The van der Waals surface area contributed by atoms with Crippen molar-refractivity contribution in [2.45, 2.75) is 13.8 Å². The molecule has 0 aliphatic carbocycles. The van der Waals surface area contributed by atoms with Gasteiger partial charge in [0.25, 0.3) is 5.91 Å². The van der Waals surface area contributed by atoms with Crippen molar-refractivity contribution in [1.29, 1.82) is 0 Å². The largest absolute Gasteiger partial charge is 0.494 e. The summed E-state index contributed by atoms with van der Waals surface area (Å²) < 4.78 is 5.49. The summed E-state index contributed by atoms with van der Waals surface area (Å²) in [4.78, 5) is 26.5. The lowest BCUT2D eigenvalue weighted by Crippen LogP contribution is -2.25. The van der Waals surface area contributed by atoms with E-state index in [0.717, 1.165) is 22.6 Å². The van der Waals surface area contributed by atoms with Crippen molar-refractivity contribution >= 4 is 29.3 Å². The van der Waals surface area contributed by atoms with Crippen LogP contribution in [-0.4, -0.2) is 23.6 Å². The first kappa shape index (κ1) is 21.1. The second-order valence-electron chi connectivity index (χ2n) is 7.44. The van der Waals surface area contributed by atoms with Crippen LogP contribution >= 0.6 is 0 Å². The summed E-state index contributed by atoms with van der Waals surface area (Å²) in [7, 11) is 0. The standard InChI is InChI=1S/C27H23NO4/c1-3-32-23-12-9-19(10-13-23)16-22-17-25(20-7-5-4-6-8-20)28(26(22)29)24-14-11-21(27(30)31)15-18(24)2/h4-17H,3H2,1-2H3,(H,30,31)/b22-16+. The second kappa shape index (κ2) is 8.94. The van der Waals surface area contributed by atoms with E-state index in [1.807, 2.05) is 80.6 Å². The topological polar surface area (TPSA) is 66.8 Å². The number of carbonyl (C=O) groups excluding carboxylic acids is 1. The van der Waals surface area contributed by atoms with Crippen molar-refractivity contribution in [3.05, 3.63) is 107 Å². The van der Waals surface area contributed by atoms with Crippen molar-refractivity contribution < 1.29 is 19.4 Å². The number of carboxylic acid groups (broad SMARTS) is 1. The number of carbonyl (C=O) groups is 2. The number of anilines is 1. The molecule has 1 aliphatic heterocycles. The zero-order valence-electron chi connectivity index (χ0n) is 17.9. The van der Waals surface area contributed by atoms with Crippen LogP contribution in [0, 0.1) is 6.92 Å². The average Bonchev–Trinajstić information content (AvgIpc) is 3.11. The van der Waals surface area contributed by atoms with Gasteiger partial charge in [-0.1, -0.05) is 42.5 Å². The molecule has 0 aromatic heterocycles.